The first kappa shape index (κ1) is 10.4. The molecule has 0 saturated heterocycles. The van der Waals surface area contributed by atoms with Crippen molar-refractivity contribution in [2.45, 2.75) is 23.8 Å². The Bertz CT molecular complexity index is 385. The molecule has 0 bridgehead atoms. The molecule has 80 valence electrons. The largest absolute Gasteiger partial charge is 0.490 e. The summed E-state index contributed by atoms with van der Waals surface area (Å²) in [5.41, 5.74) is 0.320. The third-order valence-electron chi connectivity index (χ3n) is 2.23. The summed E-state index contributed by atoms with van der Waals surface area (Å²) >= 11 is 1.43. The highest BCUT2D eigenvalue weighted by Crippen LogP contribution is 2.30. The number of carboxylic acids is 1. The molecule has 0 unspecified atom stereocenters. The van der Waals surface area contributed by atoms with Crippen LogP contribution in [0, 0.1) is 0 Å². The van der Waals surface area contributed by atoms with Gasteiger partial charge >= 0.3 is 5.97 Å². The lowest BCUT2D eigenvalue weighted by atomic mass is 10.2. The molecule has 0 amide bonds. The van der Waals surface area contributed by atoms with Crippen LogP contribution in [0.15, 0.2) is 23.1 Å². The Morgan fingerprint density at radius 1 is 1.53 bits per heavy atom. The summed E-state index contributed by atoms with van der Waals surface area (Å²) in [6.07, 6.45) is 4.31. The summed E-state index contributed by atoms with van der Waals surface area (Å²) in [6.45, 7) is 0. The van der Waals surface area contributed by atoms with Crippen molar-refractivity contribution in [2.24, 2.45) is 0 Å². The fourth-order valence-corrected chi connectivity index (χ4v) is 1.88. The zero-order valence-electron chi connectivity index (χ0n) is 8.40. The first-order chi connectivity index (χ1) is 7.20. The van der Waals surface area contributed by atoms with Gasteiger partial charge in [-0.3, -0.25) is 0 Å². The second kappa shape index (κ2) is 4.14. The molecule has 1 aromatic rings. The molecule has 0 heterocycles. The van der Waals surface area contributed by atoms with Crippen LogP contribution in [-0.2, 0) is 0 Å². The van der Waals surface area contributed by atoms with Crippen molar-refractivity contribution in [3.8, 4) is 5.75 Å². The maximum absolute atomic E-state index is 11.0. The van der Waals surface area contributed by atoms with Gasteiger partial charge in [-0.15, -0.1) is 11.8 Å². The van der Waals surface area contributed by atoms with Gasteiger partial charge in [0.05, 0.1) is 11.7 Å². The van der Waals surface area contributed by atoms with Crippen LogP contribution in [0.5, 0.6) is 5.75 Å². The number of carboxylic acid groups (broad SMARTS) is 1. The van der Waals surface area contributed by atoms with Gasteiger partial charge in [0.2, 0.25) is 0 Å². The fraction of sp³-hybridized carbons (Fsp3) is 0.364. The average molecular weight is 224 g/mol. The predicted molar refractivity (Wildman–Crippen MR) is 58.8 cm³/mol. The molecular formula is C11H12O3S. The number of hydrogen-bond acceptors (Lipinski definition) is 3. The normalized spacial score (nSPS) is 15.0. The highest BCUT2D eigenvalue weighted by atomic mass is 32.2. The molecular weight excluding hydrogens is 212 g/mol. The zero-order chi connectivity index (χ0) is 10.8. The van der Waals surface area contributed by atoms with Crippen molar-refractivity contribution in [3.63, 3.8) is 0 Å². The zero-order valence-corrected chi connectivity index (χ0v) is 9.21. The van der Waals surface area contributed by atoms with Crippen LogP contribution < -0.4 is 4.74 Å². The molecule has 0 spiro atoms. The van der Waals surface area contributed by atoms with Gasteiger partial charge in [0.15, 0.2) is 0 Å². The molecule has 0 radical (unpaired) electrons. The Morgan fingerprint density at radius 3 is 2.80 bits per heavy atom. The molecule has 0 aromatic heterocycles. The van der Waals surface area contributed by atoms with Gasteiger partial charge in [-0.1, -0.05) is 0 Å². The highest BCUT2D eigenvalue weighted by Gasteiger charge is 2.24. The van der Waals surface area contributed by atoms with E-state index in [4.69, 9.17) is 9.84 Å². The van der Waals surface area contributed by atoms with Crippen LogP contribution in [0.25, 0.3) is 0 Å². The Balaban J connectivity index is 2.26. The summed E-state index contributed by atoms with van der Waals surface area (Å²) in [7, 11) is 0. The van der Waals surface area contributed by atoms with E-state index in [0.717, 1.165) is 17.7 Å². The van der Waals surface area contributed by atoms with E-state index in [1.807, 2.05) is 12.3 Å². The summed E-state index contributed by atoms with van der Waals surface area (Å²) in [6, 6.07) is 5.23. The molecule has 1 aliphatic carbocycles. The van der Waals surface area contributed by atoms with Crippen LogP contribution in [0.2, 0.25) is 0 Å². The monoisotopic (exact) mass is 224 g/mol. The van der Waals surface area contributed by atoms with Gasteiger partial charge in [-0.05, 0) is 37.3 Å². The van der Waals surface area contributed by atoms with Crippen LogP contribution >= 0.6 is 11.8 Å². The topological polar surface area (TPSA) is 46.5 Å². The van der Waals surface area contributed by atoms with Gasteiger partial charge in [-0.2, -0.15) is 0 Å². The van der Waals surface area contributed by atoms with Crippen LogP contribution in [0.4, 0.5) is 0 Å². The SMILES string of the molecule is CSc1ccc(OC2CC2)cc1C(=O)O. The van der Waals surface area contributed by atoms with Gasteiger partial charge in [0.25, 0.3) is 0 Å². The minimum absolute atomic E-state index is 0.298. The van der Waals surface area contributed by atoms with E-state index in [1.165, 1.54) is 11.8 Å². The quantitative estimate of drug-likeness (QED) is 0.799. The lowest BCUT2D eigenvalue weighted by Crippen LogP contribution is -2.01. The second-order valence-corrected chi connectivity index (χ2v) is 4.33. The molecule has 15 heavy (non-hydrogen) atoms. The summed E-state index contributed by atoms with van der Waals surface area (Å²) in [5.74, 6) is -0.242. The molecule has 4 heteroatoms. The van der Waals surface area contributed by atoms with E-state index in [1.54, 1.807) is 12.1 Å². The van der Waals surface area contributed by atoms with Crippen molar-refractivity contribution in [1.29, 1.82) is 0 Å². The number of carbonyl (C=O) groups is 1. The average Bonchev–Trinajstić information content (AvgIpc) is 3.01. The molecule has 1 aromatic carbocycles. The van der Waals surface area contributed by atoms with Crippen LogP contribution in [0.1, 0.15) is 23.2 Å². The molecule has 1 N–H and O–H groups in total. The number of benzene rings is 1. The fourth-order valence-electron chi connectivity index (χ4n) is 1.31. The maximum Gasteiger partial charge on any atom is 0.336 e. The van der Waals surface area contributed by atoms with Gasteiger partial charge in [0, 0.05) is 4.90 Å². The third-order valence-corrected chi connectivity index (χ3v) is 3.02. The van der Waals surface area contributed by atoms with E-state index in [0.29, 0.717) is 17.4 Å². The minimum atomic E-state index is -0.902. The predicted octanol–water partition coefficient (Wildman–Crippen LogP) is 2.65. The summed E-state index contributed by atoms with van der Waals surface area (Å²) in [5, 5.41) is 9.00. The molecule has 0 atom stereocenters. The Hall–Kier alpha value is -1.16. The summed E-state index contributed by atoms with van der Waals surface area (Å²) in [4.78, 5) is 11.7. The van der Waals surface area contributed by atoms with E-state index >= 15 is 0 Å². The van der Waals surface area contributed by atoms with Crippen molar-refractivity contribution < 1.29 is 14.6 Å². The van der Waals surface area contributed by atoms with Crippen LogP contribution in [0.3, 0.4) is 0 Å². The number of aromatic carboxylic acids is 1. The minimum Gasteiger partial charge on any atom is -0.490 e. The Kier molecular flexibility index (Phi) is 2.86. The molecule has 2 rings (SSSR count). The molecule has 3 nitrogen and oxygen atoms in total. The third kappa shape index (κ3) is 2.45. The van der Waals surface area contributed by atoms with Gasteiger partial charge in [-0.25, -0.2) is 4.79 Å². The van der Waals surface area contributed by atoms with E-state index in [-0.39, 0.29) is 0 Å². The van der Waals surface area contributed by atoms with E-state index in [9.17, 15) is 4.79 Å². The van der Waals surface area contributed by atoms with Gasteiger partial charge < -0.3 is 9.84 Å². The number of rotatable bonds is 4. The number of hydrogen-bond donors (Lipinski definition) is 1. The van der Waals surface area contributed by atoms with Gasteiger partial charge in [0.1, 0.15) is 5.75 Å². The molecule has 1 fully saturated rings. The number of ether oxygens (including phenoxy) is 1. The molecule has 1 saturated carbocycles. The van der Waals surface area contributed by atoms with Crippen molar-refractivity contribution in [1.82, 2.24) is 0 Å². The van der Waals surface area contributed by atoms with Crippen molar-refractivity contribution >= 4 is 17.7 Å². The Labute approximate surface area is 92.4 Å². The Morgan fingerprint density at radius 2 is 2.27 bits per heavy atom. The first-order valence-corrected chi connectivity index (χ1v) is 6.01. The van der Waals surface area contributed by atoms with Crippen molar-refractivity contribution in [2.75, 3.05) is 6.26 Å². The van der Waals surface area contributed by atoms with E-state index < -0.39 is 5.97 Å². The second-order valence-electron chi connectivity index (χ2n) is 3.48. The molecule has 0 aliphatic heterocycles. The number of thioether (sulfide) groups is 1. The standard InChI is InChI=1S/C11H12O3S/c1-15-10-5-4-8(14-7-2-3-7)6-9(10)11(12)13/h4-7H,2-3H2,1H3,(H,12,13). The smallest absolute Gasteiger partial charge is 0.336 e. The van der Waals surface area contributed by atoms with Crippen LogP contribution in [-0.4, -0.2) is 23.4 Å². The first-order valence-electron chi connectivity index (χ1n) is 4.78. The maximum atomic E-state index is 11.0. The summed E-state index contributed by atoms with van der Waals surface area (Å²) < 4.78 is 5.54. The highest BCUT2D eigenvalue weighted by molar-refractivity contribution is 7.98. The van der Waals surface area contributed by atoms with E-state index in [2.05, 4.69) is 0 Å². The lowest BCUT2D eigenvalue weighted by molar-refractivity contribution is 0.0692. The molecule has 1 aliphatic rings. The lowest BCUT2D eigenvalue weighted by Gasteiger charge is -2.07. The van der Waals surface area contributed by atoms with Crippen molar-refractivity contribution in [3.05, 3.63) is 23.8 Å².